The molecule has 1 saturated heterocycles. The summed E-state index contributed by atoms with van der Waals surface area (Å²) in [4.78, 5) is 2.55. The maximum atomic E-state index is 9.40. The summed E-state index contributed by atoms with van der Waals surface area (Å²) in [6.45, 7) is 5.29. The van der Waals surface area contributed by atoms with Crippen LogP contribution in [-0.4, -0.2) is 46.0 Å². The number of fused-ring (bicyclic) bond motifs is 1. The van der Waals surface area contributed by atoms with Crippen molar-refractivity contribution in [2.24, 2.45) is 5.92 Å². The molecule has 2 heterocycles. The van der Waals surface area contributed by atoms with Crippen molar-refractivity contribution in [3.63, 3.8) is 0 Å². The second-order valence-electron chi connectivity index (χ2n) is 8.05. The fraction of sp³-hybridized carbons (Fsp3) is 0.435. The Morgan fingerprint density at radius 1 is 1.25 bits per heavy atom. The standard InChI is InChI=1S/C23H29N3O2/c1-17(27)16-28-22-6-2-4-20(12-22)15-26-9-3-5-19(14-26)10-18-7-8-23-21(11-18)13-24-25-23/h2,4,6-8,11-13,17,19,27H,3,5,9-10,14-16H2,1H3,(H,24,25)/t17-,19+/m1/s1. The van der Waals surface area contributed by atoms with E-state index in [0.717, 1.165) is 37.3 Å². The number of rotatable bonds is 7. The van der Waals surface area contributed by atoms with Crippen LogP contribution in [0, 0.1) is 5.92 Å². The lowest BCUT2D eigenvalue weighted by molar-refractivity contribution is 0.122. The average molecular weight is 380 g/mol. The Balaban J connectivity index is 1.35. The van der Waals surface area contributed by atoms with Crippen molar-refractivity contribution in [2.75, 3.05) is 19.7 Å². The van der Waals surface area contributed by atoms with Crippen LogP contribution in [0.15, 0.2) is 48.7 Å². The van der Waals surface area contributed by atoms with E-state index in [2.05, 4.69) is 45.4 Å². The molecular weight excluding hydrogens is 350 g/mol. The van der Waals surface area contributed by atoms with Crippen LogP contribution in [0.25, 0.3) is 10.9 Å². The Bertz CT molecular complexity index is 906. The number of H-pyrrole nitrogens is 1. The van der Waals surface area contributed by atoms with E-state index in [1.807, 2.05) is 18.3 Å². The number of likely N-dealkylation sites (tertiary alicyclic amines) is 1. The molecule has 148 valence electrons. The smallest absolute Gasteiger partial charge is 0.119 e. The van der Waals surface area contributed by atoms with Crippen molar-refractivity contribution in [1.82, 2.24) is 15.1 Å². The first-order valence-electron chi connectivity index (χ1n) is 10.2. The van der Waals surface area contributed by atoms with E-state index in [4.69, 9.17) is 4.74 Å². The van der Waals surface area contributed by atoms with Crippen molar-refractivity contribution in [2.45, 2.75) is 38.8 Å². The molecule has 1 aliphatic heterocycles. The third kappa shape index (κ3) is 4.91. The largest absolute Gasteiger partial charge is 0.491 e. The normalized spacial score (nSPS) is 19.0. The number of hydrogen-bond donors (Lipinski definition) is 2. The molecular formula is C23H29N3O2. The predicted octanol–water partition coefficient (Wildman–Crippen LogP) is 3.78. The van der Waals surface area contributed by atoms with Gasteiger partial charge in [-0.2, -0.15) is 5.10 Å². The van der Waals surface area contributed by atoms with Crippen molar-refractivity contribution >= 4 is 10.9 Å². The third-order valence-electron chi connectivity index (χ3n) is 5.43. The number of aliphatic hydroxyl groups excluding tert-OH is 1. The number of hydrogen-bond acceptors (Lipinski definition) is 4. The monoisotopic (exact) mass is 379 g/mol. The molecule has 2 aromatic carbocycles. The van der Waals surface area contributed by atoms with Gasteiger partial charge in [-0.3, -0.25) is 10.00 Å². The summed E-state index contributed by atoms with van der Waals surface area (Å²) in [5, 5.41) is 17.7. The number of piperidine rings is 1. The molecule has 0 spiro atoms. The second kappa shape index (κ2) is 8.76. The van der Waals surface area contributed by atoms with Gasteiger partial charge in [0.2, 0.25) is 0 Å². The highest BCUT2D eigenvalue weighted by Gasteiger charge is 2.20. The van der Waals surface area contributed by atoms with Gasteiger partial charge in [0.1, 0.15) is 12.4 Å². The highest BCUT2D eigenvalue weighted by Crippen LogP contribution is 2.24. The van der Waals surface area contributed by atoms with Gasteiger partial charge in [-0.25, -0.2) is 0 Å². The van der Waals surface area contributed by atoms with Crippen LogP contribution in [-0.2, 0) is 13.0 Å². The van der Waals surface area contributed by atoms with Crippen LogP contribution in [0.4, 0.5) is 0 Å². The van der Waals surface area contributed by atoms with Gasteiger partial charge in [0.25, 0.3) is 0 Å². The lowest BCUT2D eigenvalue weighted by Crippen LogP contribution is -2.35. The summed E-state index contributed by atoms with van der Waals surface area (Å²) in [5.74, 6) is 1.52. The molecule has 3 aromatic rings. The van der Waals surface area contributed by atoms with E-state index < -0.39 is 6.10 Å². The Kier molecular flexibility index (Phi) is 5.93. The number of nitrogens with zero attached hydrogens (tertiary/aromatic N) is 2. The van der Waals surface area contributed by atoms with Gasteiger partial charge in [-0.15, -0.1) is 0 Å². The van der Waals surface area contributed by atoms with Gasteiger partial charge in [0.15, 0.2) is 0 Å². The molecule has 5 nitrogen and oxygen atoms in total. The lowest BCUT2D eigenvalue weighted by Gasteiger charge is -2.33. The molecule has 4 rings (SSSR count). The number of ether oxygens (including phenoxy) is 1. The van der Waals surface area contributed by atoms with Gasteiger partial charge >= 0.3 is 0 Å². The zero-order valence-corrected chi connectivity index (χ0v) is 16.5. The maximum absolute atomic E-state index is 9.40. The Morgan fingerprint density at radius 3 is 3.07 bits per heavy atom. The van der Waals surface area contributed by atoms with E-state index in [1.54, 1.807) is 6.92 Å². The summed E-state index contributed by atoms with van der Waals surface area (Å²) in [5.41, 5.74) is 3.77. The number of nitrogens with one attached hydrogen (secondary N) is 1. The van der Waals surface area contributed by atoms with E-state index in [9.17, 15) is 5.11 Å². The van der Waals surface area contributed by atoms with Gasteiger partial charge in [-0.1, -0.05) is 18.2 Å². The highest BCUT2D eigenvalue weighted by molar-refractivity contribution is 5.78. The van der Waals surface area contributed by atoms with Gasteiger partial charge in [0, 0.05) is 18.5 Å². The summed E-state index contributed by atoms with van der Waals surface area (Å²) in [6.07, 6.45) is 5.11. The molecule has 0 saturated carbocycles. The minimum absolute atomic E-state index is 0.330. The molecule has 0 bridgehead atoms. The first kappa shape index (κ1) is 19.0. The van der Waals surface area contributed by atoms with E-state index in [-0.39, 0.29) is 0 Å². The zero-order valence-electron chi connectivity index (χ0n) is 16.5. The van der Waals surface area contributed by atoms with Crippen molar-refractivity contribution in [1.29, 1.82) is 0 Å². The van der Waals surface area contributed by atoms with E-state index >= 15 is 0 Å². The molecule has 5 heteroatoms. The van der Waals surface area contributed by atoms with E-state index in [1.165, 1.54) is 29.4 Å². The van der Waals surface area contributed by atoms with Crippen LogP contribution in [0.1, 0.15) is 30.9 Å². The molecule has 28 heavy (non-hydrogen) atoms. The lowest BCUT2D eigenvalue weighted by atomic mass is 9.90. The van der Waals surface area contributed by atoms with Gasteiger partial charge < -0.3 is 9.84 Å². The molecule has 1 fully saturated rings. The molecule has 2 N–H and O–H groups in total. The van der Waals surface area contributed by atoms with Gasteiger partial charge in [0.05, 0.1) is 17.8 Å². The number of benzene rings is 2. The minimum atomic E-state index is -0.451. The van der Waals surface area contributed by atoms with Crippen LogP contribution >= 0.6 is 0 Å². The summed E-state index contributed by atoms with van der Waals surface area (Å²) < 4.78 is 5.65. The molecule has 0 amide bonds. The van der Waals surface area contributed by atoms with Crippen LogP contribution < -0.4 is 4.74 Å². The molecule has 0 unspecified atom stereocenters. The van der Waals surface area contributed by atoms with Gasteiger partial charge in [-0.05, 0) is 74.0 Å². The Hall–Kier alpha value is -2.37. The SMILES string of the molecule is C[C@@H](O)COc1cccc(CN2CCC[C@@H](Cc3ccc4[nH]ncc4c3)C2)c1. The minimum Gasteiger partial charge on any atom is -0.491 e. The number of aliphatic hydroxyl groups is 1. The average Bonchev–Trinajstić information content (AvgIpc) is 3.15. The van der Waals surface area contributed by atoms with Crippen LogP contribution in [0.2, 0.25) is 0 Å². The third-order valence-corrected chi connectivity index (χ3v) is 5.43. The number of aromatic amines is 1. The summed E-state index contributed by atoms with van der Waals surface area (Å²) >= 11 is 0. The highest BCUT2D eigenvalue weighted by atomic mass is 16.5. The molecule has 1 aliphatic rings. The number of aromatic nitrogens is 2. The topological polar surface area (TPSA) is 61.4 Å². The van der Waals surface area contributed by atoms with Crippen LogP contribution in [0.5, 0.6) is 5.75 Å². The second-order valence-corrected chi connectivity index (χ2v) is 8.05. The quantitative estimate of drug-likeness (QED) is 0.656. The Labute approximate surface area is 166 Å². The fourth-order valence-corrected chi connectivity index (χ4v) is 4.12. The summed E-state index contributed by atoms with van der Waals surface area (Å²) in [6, 6.07) is 14.9. The van der Waals surface area contributed by atoms with Crippen molar-refractivity contribution in [3.05, 3.63) is 59.8 Å². The van der Waals surface area contributed by atoms with Crippen molar-refractivity contribution < 1.29 is 9.84 Å². The molecule has 2 atom stereocenters. The molecule has 1 aromatic heterocycles. The maximum Gasteiger partial charge on any atom is 0.119 e. The molecule has 0 radical (unpaired) electrons. The first-order chi connectivity index (χ1) is 13.7. The van der Waals surface area contributed by atoms with E-state index in [0.29, 0.717) is 12.5 Å². The summed E-state index contributed by atoms with van der Waals surface area (Å²) in [7, 11) is 0. The fourth-order valence-electron chi connectivity index (χ4n) is 4.12. The van der Waals surface area contributed by atoms with Crippen LogP contribution in [0.3, 0.4) is 0 Å². The van der Waals surface area contributed by atoms with Crippen molar-refractivity contribution in [3.8, 4) is 5.75 Å². The Morgan fingerprint density at radius 2 is 2.18 bits per heavy atom. The first-order valence-corrected chi connectivity index (χ1v) is 10.2. The zero-order chi connectivity index (χ0) is 19.3. The predicted molar refractivity (Wildman–Crippen MR) is 111 cm³/mol. The molecule has 0 aliphatic carbocycles.